The molecule has 1 aromatic carbocycles. The van der Waals surface area contributed by atoms with E-state index in [0.717, 1.165) is 5.75 Å². The Labute approximate surface area is 92.8 Å². The first-order valence-electron chi connectivity index (χ1n) is 4.75. The zero-order valence-electron chi connectivity index (χ0n) is 8.45. The predicted octanol–water partition coefficient (Wildman–Crippen LogP) is 2.68. The molecule has 0 aliphatic rings. The normalized spacial score (nSPS) is 10.5. The molecule has 1 aromatic heterocycles. The molecule has 1 heterocycles. The Bertz CT molecular complexity index is 466. The van der Waals surface area contributed by atoms with Crippen LogP contribution >= 0.6 is 0 Å². The maximum absolute atomic E-state index is 8.33. The highest BCUT2D eigenvalue weighted by Gasteiger charge is 1.97. The van der Waals surface area contributed by atoms with Gasteiger partial charge in [-0.25, -0.2) is 4.98 Å². The van der Waals surface area contributed by atoms with Gasteiger partial charge in [0.25, 0.3) is 0 Å². The predicted molar refractivity (Wildman–Crippen MR) is 60.1 cm³/mol. The van der Waals surface area contributed by atoms with Gasteiger partial charge in [0.05, 0.1) is 6.21 Å². The Morgan fingerprint density at radius 3 is 2.56 bits per heavy atom. The van der Waals surface area contributed by atoms with Gasteiger partial charge in [-0.15, -0.1) is 0 Å². The minimum Gasteiger partial charge on any atom is -0.439 e. The van der Waals surface area contributed by atoms with Crippen molar-refractivity contribution in [3.8, 4) is 11.6 Å². The van der Waals surface area contributed by atoms with Crippen molar-refractivity contribution in [2.24, 2.45) is 5.16 Å². The Kier molecular flexibility index (Phi) is 3.13. The maximum atomic E-state index is 8.33. The maximum Gasteiger partial charge on any atom is 0.219 e. The molecule has 0 aliphatic carbocycles. The van der Waals surface area contributed by atoms with Crippen LogP contribution in [0.15, 0.2) is 53.8 Å². The van der Waals surface area contributed by atoms with Crippen molar-refractivity contribution in [1.82, 2.24) is 4.98 Å². The Morgan fingerprint density at radius 2 is 1.94 bits per heavy atom. The fraction of sp³-hybridized carbons (Fsp3) is 0. The highest BCUT2D eigenvalue weighted by atomic mass is 16.5. The summed E-state index contributed by atoms with van der Waals surface area (Å²) in [6.45, 7) is 0. The second kappa shape index (κ2) is 4.93. The molecule has 80 valence electrons. The van der Waals surface area contributed by atoms with E-state index in [1.54, 1.807) is 18.3 Å². The van der Waals surface area contributed by atoms with Crippen molar-refractivity contribution in [3.63, 3.8) is 0 Å². The fourth-order valence-electron chi connectivity index (χ4n) is 1.20. The van der Waals surface area contributed by atoms with Crippen LogP contribution in [-0.2, 0) is 0 Å². The summed E-state index contributed by atoms with van der Waals surface area (Å²) in [4.78, 5) is 4.07. The number of aromatic nitrogens is 1. The van der Waals surface area contributed by atoms with Crippen molar-refractivity contribution in [2.75, 3.05) is 0 Å². The third kappa shape index (κ3) is 2.57. The van der Waals surface area contributed by atoms with Gasteiger partial charge in [0.2, 0.25) is 5.88 Å². The molecule has 0 fully saturated rings. The number of hydrogen-bond acceptors (Lipinski definition) is 4. The van der Waals surface area contributed by atoms with E-state index in [0.29, 0.717) is 11.4 Å². The van der Waals surface area contributed by atoms with Crippen LogP contribution in [0.25, 0.3) is 0 Å². The lowest BCUT2D eigenvalue weighted by atomic mass is 10.3. The molecule has 0 spiro atoms. The first-order valence-corrected chi connectivity index (χ1v) is 4.75. The summed E-state index contributed by atoms with van der Waals surface area (Å²) in [7, 11) is 0. The zero-order chi connectivity index (χ0) is 11.2. The second-order valence-corrected chi connectivity index (χ2v) is 3.09. The molecule has 2 aromatic rings. The quantitative estimate of drug-likeness (QED) is 0.485. The van der Waals surface area contributed by atoms with Gasteiger partial charge in [-0.2, -0.15) is 0 Å². The van der Waals surface area contributed by atoms with E-state index in [1.807, 2.05) is 30.3 Å². The van der Waals surface area contributed by atoms with Crippen molar-refractivity contribution in [3.05, 3.63) is 54.2 Å². The summed E-state index contributed by atoms with van der Waals surface area (Å²) < 4.78 is 5.49. The minimum absolute atomic E-state index is 0.501. The van der Waals surface area contributed by atoms with Crippen LogP contribution in [-0.4, -0.2) is 16.4 Å². The first kappa shape index (κ1) is 10.2. The number of ether oxygens (including phenoxy) is 1. The van der Waals surface area contributed by atoms with Crippen molar-refractivity contribution < 1.29 is 9.94 Å². The molecule has 0 amide bonds. The van der Waals surface area contributed by atoms with E-state index in [1.165, 1.54) is 6.21 Å². The number of nitrogens with zero attached hydrogens (tertiary/aromatic N) is 2. The lowest BCUT2D eigenvalue weighted by molar-refractivity contribution is 0.322. The molecule has 0 saturated heterocycles. The summed E-state index contributed by atoms with van der Waals surface area (Å²) in [6.07, 6.45) is 2.87. The van der Waals surface area contributed by atoms with Gasteiger partial charge in [0, 0.05) is 17.8 Å². The van der Waals surface area contributed by atoms with Crippen LogP contribution in [0, 0.1) is 0 Å². The average molecular weight is 214 g/mol. The highest BCUT2D eigenvalue weighted by molar-refractivity contribution is 5.78. The molecule has 0 atom stereocenters. The van der Waals surface area contributed by atoms with Crippen LogP contribution in [0.3, 0.4) is 0 Å². The molecular weight excluding hydrogens is 204 g/mol. The van der Waals surface area contributed by atoms with E-state index in [-0.39, 0.29) is 0 Å². The summed E-state index contributed by atoms with van der Waals surface area (Å²) in [5.74, 6) is 1.24. The number of benzene rings is 1. The van der Waals surface area contributed by atoms with Crippen molar-refractivity contribution in [1.29, 1.82) is 0 Å². The van der Waals surface area contributed by atoms with Crippen LogP contribution in [0.5, 0.6) is 11.6 Å². The smallest absolute Gasteiger partial charge is 0.219 e. The topological polar surface area (TPSA) is 54.7 Å². The van der Waals surface area contributed by atoms with E-state index >= 15 is 0 Å². The SMILES string of the molecule is O/N=C/c1ccc(Oc2ccccc2)nc1. The van der Waals surface area contributed by atoms with Gasteiger partial charge in [-0.3, -0.25) is 0 Å². The number of oxime groups is 1. The monoisotopic (exact) mass is 214 g/mol. The van der Waals surface area contributed by atoms with Gasteiger partial charge in [0.15, 0.2) is 0 Å². The van der Waals surface area contributed by atoms with Gasteiger partial charge < -0.3 is 9.94 Å². The number of hydrogen-bond donors (Lipinski definition) is 1. The van der Waals surface area contributed by atoms with Gasteiger partial charge in [-0.1, -0.05) is 23.4 Å². The second-order valence-electron chi connectivity index (χ2n) is 3.09. The summed E-state index contributed by atoms with van der Waals surface area (Å²) in [5, 5.41) is 11.2. The van der Waals surface area contributed by atoms with Crippen LogP contribution in [0.2, 0.25) is 0 Å². The minimum atomic E-state index is 0.501. The molecule has 0 aliphatic heterocycles. The molecule has 16 heavy (non-hydrogen) atoms. The van der Waals surface area contributed by atoms with Gasteiger partial charge in [0.1, 0.15) is 5.75 Å². The highest BCUT2D eigenvalue weighted by Crippen LogP contribution is 2.17. The van der Waals surface area contributed by atoms with E-state index in [9.17, 15) is 0 Å². The lowest BCUT2D eigenvalue weighted by Gasteiger charge is -2.03. The molecule has 0 unspecified atom stereocenters. The third-order valence-electron chi connectivity index (χ3n) is 1.93. The number of rotatable bonds is 3. The zero-order valence-corrected chi connectivity index (χ0v) is 8.45. The molecular formula is C12H10N2O2. The molecule has 2 rings (SSSR count). The summed E-state index contributed by atoms with van der Waals surface area (Å²) in [6, 6.07) is 12.9. The molecule has 4 nitrogen and oxygen atoms in total. The van der Waals surface area contributed by atoms with Gasteiger partial charge in [-0.05, 0) is 18.2 Å². The standard InChI is InChI=1S/C12H10N2O2/c15-14-9-10-6-7-12(13-8-10)16-11-4-2-1-3-5-11/h1-9,15H/b14-9+. The molecule has 0 bridgehead atoms. The van der Waals surface area contributed by atoms with Crippen LogP contribution in [0.4, 0.5) is 0 Å². The molecule has 0 saturated carbocycles. The van der Waals surface area contributed by atoms with Crippen molar-refractivity contribution in [2.45, 2.75) is 0 Å². The first-order chi connectivity index (χ1) is 7.88. The van der Waals surface area contributed by atoms with Crippen LogP contribution in [0.1, 0.15) is 5.56 Å². The van der Waals surface area contributed by atoms with E-state index in [4.69, 9.17) is 9.94 Å². The third-order valence-corrected chi connectivity index (χ3v) is 1.93. The summed E-state index contributed by atoms with van der Waals surface area (Å²) in [5.41, 5.74) is 0.711. The molecule has 1 N–H and O–H groups in total. The lowest BCUT2D eigenvalue weighted by Crippen LogP contribution is -1.89. The summed E-state index contributed by atoms with van der Waals surface area (Å²) >= 11 is 0. The largest absolute Gasteiger partial charge is 0.439 e. The fourth-order valence-corrected chi connectivity index (χ4v) is 1.20. The molecule has 0 radical (unpaired) electrons. The van der Waals surface area contributed by atoms with Gasteiger partial charge >= 0.3 is 0 Å². The van der Waals surface area contributed by atoms with Crippen molar-refractivity contribution >= 4 is 6.21 Å². The van der Waals surface area contributed by atoms with E-state index in [2.05, 4.69) is 10.1 Å². The van der Waals surface area contributed by atoms with E-state index < -0.39 is 0 Å². The molecule has 4 heteroatoms. The number of para-hydroxylation sites is 1. The Hall–Kier alpha value is -2.36. The number of pyridine rings is 1. The Balaban J connectivity index is 2.11. The van der Waals surface area contributed by atoms with Crippen LogP contribution < -0.4 is 4.74 Å². The Morgan fingerprint density at radius 1 is 1.12 bits per heavy atom. The average Bonchev–Trinajstić information content (AvgIpc) is 2.33.